The summed E-state index contributed by atoms with van der Waals surface area (Å²) in [5.41, 5.74) is 3.42. The second-order valence-electron chi connectivity index (χ2n) is 5.49. The zero-order chi connectivity index (χ0) is 13.6. The number of amides is 1. The molecule has 4 nitrogen and oxygen atoms in total. The summed E-state index contributed by atoms with van der Waals surface area (Å²) < 4.78 is 5.38. The highest BCUT2D eigenvalue weighted by Gasteiger charge is 2.40. The molecule has 0 spiro atoms. The highest BCUT2D eigenvalue weighted by Crippen LogP contribution is 2.44. The predicted octanol–water partition coefficient (Wildman–Crippen LogP) is 1.67. The van der Waals surface area contributed by atoms with Crippen molar-refractivity contribution in [2.45, 2.75) is 19.3 Å². The van der Waals surface area contributed by atoms with Gasteiger partial charge in [-0.1, -0.05) is 0 Å². The van der Waals surface area contributed by atoms with Crippen LogP contribution in [0.15, 0.2) is 12.1 Å². The lowest BCUT2D eigenvalue weighted by molar-refractivity contribution is -0.124. The fraction of sp³-hybridized carbons (Fsp3) is 0.533. The van der Waals surface area contributed by atoms with Gasteiger partial charge in [0.25, 0.3) is 0 Å². The van der Waals surface area contributed by atoms with Crippen molar-refractivity contribution in [1.29, 1.82) is 0 Å². The van der Waals surface area contributed by atoms with Crippen LogP contribution in [0.3, 0.4) is 0 Å². The van der Waals surface area contributed by atoms with Crippen molar-refractivity contribution in [3.8, 4) is 5.75 Å². The Morgan fingerprint density at radius 3 is 2.89 bits per heavy atom. The first kappa shape index (κ1) is 12.5. The van der Waals surface area contributed by atoms with Crippen LogP contribution in [0.1, 0.15) is 23.5 Å². The van der Waals surface area contributed by atoms with Gasteiger partial charge >= 0.3 is 0 Å². The van der Waals surface area contributed by atoms with Gasteiger partial charge in [0.1, 0.15) is 5.75 Å². The molecule has 0 aliphatic carbocycles. The largest absolute Gasteiger partial charge is 0.497 e. The third-order valence-corrected chi connectivity index (χ3v) is 4.40. The number of hydrogen-bond donors (Lipinski definition) is 1. The molecule has 2 aliphatic heterocycles. The lowest BCUT2D eigenvalue weighted by Crippen LogP contribution is -2.48. The van der Waals surface area contributed by atoms with Gasteiger partial charge in [-0.05, 0) is 43.1 Å². The van der Waals surface area contributed by atoms with E-state index in [2.05, 4.69) is 11.4 Å². The molecule has 2 unspecified atom stereocenters. The number of ether oxygens (including phenoxy) is 1. The fourth-order valence-corrected chi connectivity index (χ4v) is 3.47. The summed E-state index contributed by atoms with van der Waals surface area (Å²) in [5, 5.41) is 3.41. The zero-order valence-corrected chi connectivity index (χ0v) is 11.7. The molecule has 1 amide bonds. The first-order chi connectivity index (χ1) is 9.13. The molecule has 2 heterocycles. The molecule has 1 fully saturated rings. The summed E-state index contributed by atoms with van der Waals surface area (Å²) in [6.07, 6.45) is 0.920. The number of hydrogen-bond acceptors (Lipinski definition) is 3. The van der Waals surface area contributed by atoms with E-state index in [1.54, 1.807) is 7.11 Å². The van der Waals surface area contributed by atoms with Gasteiger partial charge in [-0.3, -0.25) is 4.79 Å². The van der Waals surface area contributed by atoms with Gasteiger partial charge in [0.2, 0.25) is 5.91 Å². The smallest absolute Gasteiger partial charge is 0.230 e. The van der Waals surface area contributed by atoms with Crippen LogP contribution < -0.4 is 15.0 Å². The normalized spacial score (nSPS) is 25.8. The highest BCUT2D eigenvalue weighted by atomic mass is 16.5. The van der Waals surface area contributed by atoms with Crippen molar-refractivity contribution in [3.05, 3.63) is 23.3 Å². The number of nitrogens with zero attached hydrogens (tertiary/aromatic N) is 1. The molecule has 2 aliphatic rings. The highest BCUT2D eigenvalue weighted by molar-refractivity contribution is 5.99. The Labute approximate surface area is 113 Å². The topological polar surface area (TPSA) is 41.6 Å². The Morgan fingerprint density at radius 2 is 2.16 bits per heavy atom. The molecule has 0 saturated carbocycles. The van der Waals surface area contributed by atoms with Gasteiger partial charge < -0.3 is 15.0 Å². The molecule has 1 saturated heterocycles. The SMILES string of the molecule is COc1cc(C)c2c(c1)C1CNCCC1C(=O)N2C. The Hall–Kier alpha value is -1.55. The van der Waals surface area contributed by atoms with Crippen LogP contribution in [0.4, 0.5) is 5.69 Å². The molecule has 2 atom stereocenters. The van der Waals surface area contributed by atoms with E-state index >= 15 is 0 Å². The average Bonchev–Trinajstić information content (AvgIpc) is 2.44. The second kappa shape index (κ2) is 4.53. The van der Waals surface area contributed by atoms with Gasteiger partial charge in [0.15, 0.2) is 0 Å². The molecular weight excluding hydrogens is 240 g/mol. The maximum Gasteiger partial charge on any atom is 0.230 e. The standard InChI is InChI=1S/C15H20N2O2/c1-9-6-10(19-3)7-12-13-8-16-5-4-11(13)15(18)17(2)14(9)12/h6-7,11,13,16H,4-5,8H2,1-3H3. The Morgan fingerprint density at radius 1 is 1.37 bits per heavy atom. The van der Waals surface area contributed by atoms with Gasteiger partial charge in [-0.2, -0.15) is 0 Å². The first-order valence-corrected chi connectivity index (χ1v) is 6.80. The van der Waals surface area contributed by atoms with Crippen LogP contribution in [0.5, 0.6) is 5.75 Å². The molecule has 1 aromatic rings. The van der Waals surface area contributed by atoms with E-state index < -0.39 is 0 Å². The Kier molecular flexibility index (Phi) is 2.97. The minimum atomic E-state index is 0.116. The van der Waals surface area contributed by atoms with Crippen molar-refractivity contribution in [3.63, 3.8) is 0 Å². The van der Waals surface area contributed by atoms with Gasteiger partial charge in [-0.25, -0.2) is 0 Å². The Balaban J connectivity index is 2.16. The number of nitrogens with one attached hydrogen (secondary N) is 1. The van der Waals surface area contributed by atoms with Crippen molar-refractivity contribution < 1.29 is 9.53 Å². The zero-order valence-electron chi connectivity index (χ0n) is 11.7. The van der Waals surface area contributed by atoms with Crippen LogP contribution in [0, 0.1) is 12.8 Å². The monoisotopic (exact) mass is 260 g/mol. The number of piperidine rings is 1. The third kappa shape index (κ3) is 1.82. The van der Waals surface area contributed by atoms with Crippen LogP contribution in [-0.2, 0) is 4.79 Å². The lowest BCUT2D eigenvalue weighted by Gasteiger charge is -2.41. The fourth-order valence-electron chi connectivity index (χ4n) is 3.47. The van der Waals surface area contributed by atoms with E-state index in [1.807, 2.05) is 24.9 Å². The summed E-state index contributed by atoms with van der Waals surface area (Å²) >= 11 is 0. The number of methoxy groups -OCH3 is 1. The number of benzene rings is 1. The minimum absolute atomic E-state index is 0.116. The molecule has 1 N–H and O–H groups in total. The minimum Gasteiger partial charge on any atom is -0.497 e. The van der Waals surface area contributed by atoms with E-state index in [0.717, 1.165) is 36.5 Å². The average molecular weight is 260 g/mol. The predicted molar refractivity (Wildman–Crippen MR) is 74.9 cm³/mol. The summed E-state index contributed by atoms with van der Waals surface area (Å²) in [6.45, 7) is 3.85. The second-order valence-corrected chi connectivity index (χ2v) is 5.49. The van der Waals surface area contributed by atoms with Crippen molar-refractivity contribution in [1.82, 2.24) is 5.32 Å². The lowest BCUT2D eigenvalue weighted by atomic mass is 9.76. The number of anilines is 1. The molecule has 19 heavy (non-hydrogen) atoms. The third-order valence-electron chi connectivity index (χ3n) is 4.40. The van der Waals surface area contributed by atoms with Crippen LogP contribution in [-0.4, -0.2) is 33.2 Å². The maximum absolute atomic E-state index is 12.5. The number of carbonyl (C=O) groups is 1. The van der Waals surface area contributed by atoms with Crippen LogP contribution in [0.2, 0.25) is 0 Å². The van der Waals surface area contributed by atoms with Gasteiger partial charge in [-0.15, -0.1) is 0 Å². The van der Waals surface area contributed by atoms with E-state index in [4.69, 9.17) is 4.74 Å². The molecule has 102 valence electrons. The molecular formula is C15H20N2O2. The van der Waals surface area contributed by atoms with Crippen molar-refractivity contribution >= 4 is 11.6 Å². The maximum atomic E-state index is 12.5. The van der Waals surface area contributed by atoms with E-state index in [-0.39, 0.29) is 17.7 Å². The summed E-state index contributed by atoms with van der Waals surface area (Å²) in [7, 11) is 3.58. The van der Waals surface area contributed by atoms with E-state index in [9.17, 15) is 4.79 Å². The number of aryl methyl sites for hydroxylation is 1. The van der Waals surface area contributed by atoms with Crippen LogP contribution >= 0.6 is 0 Å². The number of carbonyl (C=O) groups excluding carboxylic acids is 1. The molecule has 1 aromatic carbocycles. The quantitative estimate of drug-likeness (QED) is 0.835. The van der Waals surface area contributed by atoms with E-state index in [0.29, 0.717) is 0 Å². The molecule has 3 rings (SSSR count). The number of fused-ring (bicyclic) bond motifs is 3. The summed E-state index contributed by atoms with van der Waals surface area (Å²) in [4.78, 5) is 14.3. The summed E-state index contributed by atoms with van der Waals surface area (Å²) in [6, 6.07) is 4.09. The Bertz CT molecular complexity index is 527. The van der Waals surface area contributed by atoms with Crippen LogP contribution in [0.25, 0.3) is 0 Å². The van der Waals surface area contributed by atoms with E-state index in [1.165, 1.54) is 5.56 Å². The van der Waals surface area contributed by atoms with Gasteiger partial charge in [0.05, 0.1) is 12.8 Å². The first-order valence-electron chi connectivity index (χ1n) is 6.80. The van der Waals surface area contributed by atoms with Crippen molar-refractivity contribution in [2.75, 3.05) is 32.1 Å². The molecule has 4 heteroatoms. The van der Waals surface area contributed by atoms with Gasteiger partial charge in [0, 0.05) is 25.4 Å². The molecule has 0 bridgehead atoms. The van der Waals surface area contributed by atoms with Crippen molar-refractivity contribution in [2.24, 2.45) is 5.92 Å². The number of rotatable bonds is 1. The molecule has 0 aromatic heterocycles. The summed E-state index contributed by atoms with van der Waals surface area (Å²) in [5.74, 6) is 1.53. The molecule has 0 radical (unpaired) electrons.